The van der Waals surface area contributed by atoms with Gasteiger partial charge >= 0.3 is 0 Å². The van der Waals surface area contributed by atoms with Crippen molar-refractivity contribution in [3.05, 3.63) is 34.9 Å². The van der Waals surface area contributed by atoms with Crippen LogP contribution in [0.3, 0.4) is 0 Å². The van der Waals surface area contributed by atoms with E-state index in [0.717, 1.165) is 24.0 Å². The molecule has 1 aliphatic heterocycles. The largest absolute Gasteiger partial charge is 0.369 e. The molecule has 5 heteroatoms. The highest BCUT2D eigenvalue weighted by atomic mass is 16.2. The molecule has 5 nitrogen and oxygen atoms in total. The summed E-state index contributed by atoms with van der Waals surface area (Å²) in [5.41, 5.74) is 8.18. The minimum Gasteiger partial charge on any atom is -0.369 e. The van der Waals surface area contributed by atoms with E-state index in [1.54, 1.807) is 11.0 Å². The lowest BCUT2D eigenvalue weighted by Gasteiger charge is -2.31. The maximum absolute atomic E-state index is 12.2. The summed E-state index contributed by atoms with van der Waals surface area (Å²) >= 11 is 0. The van der Waals surface area contributed by atoms with Crippen LogP contribution in [0.25, 0.3) is 0 Å². The van der Waals surface area contributed by atoms with Crippen molar-refractivity contribution in [1.29, 1.82) is 0 Å². The van der Waals surface area contributed by atoms with Crippen LogP contribution in [-0.4, -0.2) is 35.6 Å². The standard InChI is InChI=1S/C18H24N2O3/c1-12-5-6-14(10-13(12)2)16(21)7-8-17(22)20-9-3-4-15(11-20)18(19)23/h5-6,10,15H,3-4,7-9,11H2,1-2H3,(H2,19,23). The van der Waals surface area contributed by atoms with Crippen LogP contribution in [0.4, 0.5) is 0 Å². The molecule has 1 fully saturated rings. The van der Waals surface area contributed by atoms with E-state index in [9.17, 15) is 14.4 Å². The number of Topliss-reactive ketones (excluding diaryl/α,β-unsaturated/α-hetero) is 1. The molecule has 2 rings (SSSR count). The second kappa shape index (κ2) is 7.40. The molecule has 1 saturated heterocycles. The summed E-state index contributed by atoms with van der Waals surface area (Å²) in [6.45, 7) is 4.99. The van der Waals surface area contributed by atoms with Crippen molar-refractivity contribution in [1.82, 2.24) is 4.90 Å². The summed E-state index contributed by atoms with van der Waals surface area (Å²) in [5, 5.41) is 0. The van der Waals surface area contributed by atoms with Crippen molar-refractivity contribution in [3.8, 4) is 0 Å². The second-order valence-electron chi connectivity index (χ2n) is 6.30. The molecule has 1 aliphatic rings. The molecule has 1 heterocycles. The highest BCUT2D eigenvalue weighted by molar-refractivity contribution is 5.98. The zero-order valence-electron chi connectivity index (χ0n) is 13.8. The van der Waals surface area contributed by atoms with Crippen molar-refractivity contribution in [2.45, 2.75) is 39.5 Å². The Labute approximate surface area is 136 Å². The van der Waals surface area contributed by atoms with Crippen LogP contribution in [0.2, 0.25) is 0 Å². The van der Waals surface area contributed by atoms with Gasteiger partial charge in [0.15, 0.2) is 5.78 Å². The Morgan fingerprint density at radius 2 is 1.91 bits per heavy atom. The first-order valence-electron chi connectivity index (χ1n) is 8.06. The molecule has 0 aromatic heterocycles. The summed E-state index contributed by atoms with van der Waals surface area (Å²) in [6.07, 6.45) is 1.89. The third-order valence-corrected chi connectivity index (χ3v) is 4.57. The van der Waals surface area contributed by atoms with Crippen LogP contribution in [0, 0.1) is 19.8 Å². The molecule has 2 amide bonds. The summed E-state index contributed by atoms with van der Waals surface area (Å²) in [5.74, 6) is -0.713. The third kappa shape index (κ3) is 4.41. The second-order valence-corrected chi connectivity index (χ2v) is 6.30. The normalized spacial score (nSPS) is 17.8. The zero-order chi connectivity index (χ0) is 17.0. The number of benzene rings is 1. The van der Waals surface area contributed by atoms with Crippen molar-refractivity contribution in [2.24, 2.45) is 11.7 Å². The number of carbonyl (C=O) groups is 3. The molecule has 2 N–H and O–H groups in total. The number of hydrogen-bond acceptors (Lipinski definition) is 3. The van der Waals surface area contributed by atoms with Crippen LogP contribution in [-0.2, 0) is 9.59 Å². The van der Waals surface area contributed by atoms with Gasteiger partial charge in [0.25, 0.3) is 0 Å². The molecule has 1 atom stereocenters. The average molecular weight is 316 g/mol. The Morgan fingerprint density at radius 3 is 2.57 bits per heavy atom. The number of rotatable bonds is 5. The summed E-state index contributed by atoms with van der Waals surface area (Å²) < 4.78 is 0. The Bertz CT molecular complexity index is 625. The topological polar surface area (TPSA) is 80.5 Å². The maximum atomic E-state index is 12.2. The number of ketones is 1. The van der Waals surface area contributed by atoms with Gasteiger partial charge in [0, 0.05) is 31.5 Å². The Kier molecular flexibility index (Phi) is 5.53. The molecular formula is C18H24N2O3. The quantitative estimate of drug-likeness (QED) is 0.844. The number of hydrogen-bond donors (Lipinski definition) is 1. The SMILES string of the molecule is Cc1ccc(C(=O)CCC(=O)N2CCCC(C(N)=O)C2)cc1C. The minimum atomic E-state index is -0.353. The van der Waals surface area contributed by atoms with Gasteiger partial charge in [0.1, 0.15) is 0 Å². The molecule has 0 radical (unpaired) electrons. The predicted molar refractivity (Wildman–Crippen MR) is 88.0 cm³/mol. The zero-order valence-corrected chi connectivity index (χ0v) is 13.8. The number of nitrogens with two attached hydrogens (primary N) is 1. The predicted octanol–water partition coefficient (Wildman–Crippen LogP) is 1.99. The van der Waals surface area contributed by atoms with E-state index < -0.39 is 0 Å². The number of amides is 2. The highest BCUT2D eigenvalue weighted by Gasteiger charge is 2.27. The van der Waals surface area contributed by atoms with Crippen molar-refractivity contribution < 1.29 is 14.4 Å². The van der Waals surface area contributed by atoms with Gasteiger partial charge in [-0.05, 0) is 43.9 Å². The van der Waals surface area contributed by atoms with E-state index in [-0.39, 0.29) is 36.4 Å². The number of primary amides is 1. The smallest absolute Gasteiger partial charge is 0.223 e. The molecule has 0 aliphatic carbocycles. The van der Waals surface area contributed by atoms with Crippen LogP contribution in [0.15, 0.2) is 18.2 Å². The Balaban J connectivity index is 1.89. The highest BCUT2D eigenvalue weighted by Crippen LogP contribution is 2.18. The minimum absolute atomic E-state index is 0.0232. The first-order chi connectivity index (χ1) is 10.9. The number of nitrogens with zero attached hydrogens (tertiary/aromatic N) is 1. The number of aryl methyl sites for hydroxylation is 2. The fourth-order valence-corrected chi connectivity index (χ4v) is 2.87. The van der Waals surface area contributed by atoms with E-state index in [4.69, 9.17) is 5.73 Å². The van der Waals surface area contributed by atoms with Gasteiger partial charge in [-0.2, -0.15) is 0 Å². The van der Waals surface area contributed by atoms with Gasteiger partial charge in [-0.25, -0.2) is 0 Å². The van der Waals surface area contributed by atoms with Gasteiger partial charge in [0.2, 0.25) is 11.8 Å². The van der Waals surface area contributed by atoms with Crippen LogP contribution in [0.5, 0.6) is 0 Å². The number of carbonyl (C=O) groups excluding carboxylic acids is 3. The van der Waals surface area contributed by atoms with Gasteiger partial charge in [0.05, 0.1) is 5.92 Å². The Morgan fingerprint density at radius 1 is 1.17 bits per heavy atom. The molecule has 124 valence electrons. The van der Waals surface area contributed by atoms with Gasteiger partial charge in [-0.15, -0.1) is 0 Å². The van der Waals surface area contributed by atoms with E-state index in [2.05, 4.69) is 0 Å². The fraction of sp³-hybridized carbons (Fsp3) is 0.500. The molecule has 0 saturated carbocycles. The van der Waals surface area contributed by atoms with Crippen LogP contribution < -0.4 is 5.73 Å². The van der Waals surface area contributed by atoms with Gasteiger partial charge in [-0.3, -0.25) is 14.4 Å². The lowest BCUT2D eigenvalue weighted by molar-refractivity contribution is -0.134. The molecule has 0 bridgehead atoms. The Hall–Kier alpha value is -2.17. The third-order valence-electron chi connectivity index (χ3n) is 4.57. The van der Waals surface area contributed by atoms with Crippen molar-refractivity contribution in [2.75, 3.05) is 13.1 Å². The van der Waals surface area contributed by atoms with E-state index in [0.29, 0.717) is 18.7 Å². The number of piperidine rings is 1. The fourth-order valence-electron chi connectivity index (χ4n) is 2.87. The average Bonchev–Trinajstić information content (AvgIpc) is 2.54. The monoisotopic (exact) mass is 316 g/mol. The summed E-state index contributed by atoms with van der Waals surface area (Å²) in [6, 6.07) is 5.60. The first kappa shape index (κ1) is 17.2. The van der Waals surface area contributed by atoms with E-state index in [1.807, 2.05) is 26.0 Å². The van der Waals surface area contributed by atoms with Crippen molar-refractivity contribution >= 4 is 17.6 Å². The molecule has 1 aromatic rings. The van der Waals surface area contributed by atoms with E-state index in [1.165, 1.54) is 0 Å². The number of likely N-dealkylation sites (tertiary alicyclic amines) is 1. The van der Waals surface area contributed by atoms with Gasteiger partial charge in [-0.1, -0.05) is 12.1 Å². The summed E-state index contributed by atoms with van der Waals surface area (Å²) in [7, 11) is 0. The van der Waals surface area contributed by atoms with Crippen molar-refractivity contribution in [3.63, 3.8) is 0 Å². The molecule has 0 spiro atoms. The molecule has 23 heavy (non-hydrogen) atoms. The lowest BCUT2D eigenvalue weighted by Crippen LogP contribution is -2.44. The van der Waals surface area contributed by atoms with Crippen LogP contribution in [0.1, 0.15) is 47.2 Å². The van der Waals surface area contributed by atoms with E-state index >= 15 is 0 Å². The first-order valence-corrected chi connectivity index (χ1v) is 8.06. The molecular weight excluding hydrogens is 292 g/mol. The van der Waals surface area contributed by atoms with Gasteiger partial charge < -0.3 is 10.6 Å². The maximum Gasteiger partial charge on any atom is 0.223 e. The molecule has 1 unspecified atom stereocenters. The summed E-state index contributed by atoms with van der Waals surface area (Å²) in [4.78, 5) is 37.4. The lowest BCUT2D eigenvalue weighted by atomic mass is 9.96. The van der Waals surface area contributed by atoms with Crippen LogP contribution >= 0.6 is 0 Å². The molecule has 1 aromatic carbocycles.